The third kappa shape index (κ3) is 2.47. The maximum Gasteiger partial charge on any atom is 0.322 e. The molecule has 5 nitrogen and oxygen atoms in total. The summed E-state index contributed by atoms with van der Waals surface area (Å²) >= 11 is 5.79. The van der Waals surface area contributed by atoms with E-state index in [0.29, 0.717) is 24.6 Å². The Kier molecular flexibility index (Phi) is 2.90. The van der Waals surface area contributed by atoms with Crippen molar-refractivity contribution in [2.75, 3.05) is 18.6 Å². The van der Waals surface area contributed by atoms with Crippen LogP contribution in [0.3, 0.4) is 0 Å². The van der Waals surface area contributed by atoms with Crippen molar-refractivity contribution in [2.45, 2.75) is 25.8 Å². The minimum atomic E-state index is 0.177. The van der Waals surface area contributed by atoms with Gasteiger partial charge in [-0.15, -0.1) is 0 Å². The van der Waals surface area contributed by atoms with Crippen LogP contribution >= 0.6 is 11.6 Å². The van der Waals surface area contributed by atoms with Crippen molar-refractivity contribution < 1.29 is 4.74 Å². The number of hydrogen-bond acceptors (Lipinski definition) is 5. The van der Waals surface area contributed by atoms with E-state index in [2.05, 4.69) is 15.0 Å². The molecule has 2 rings (SSSR count). The van der Waals surface area contributed by atoms with Crippen LogP contribution in [0.4, 0.5) is 5.95 Å². The highest BCUT2D eigenvalue weighted by atomic mass is 35.5. The molecule has 0 radical (unpaired) electrons. The van der Waals surface area contributed by atoms with Crippen molar-refractivity contribution in [1.29, 1.82) is 0 Å². The fourth-order valence-electron chi connectivity index (χ4n) is 1.30. The van der Waals surface area contributed by atoms with Gasteiger partial charge >= 0.3 is 6.01 Å². The molecule has 0 atom stereocenters. The van der Waals surface area contributed by atoms with E-state index >= 15 is 0 Å². The molecule has 0 aromatic carbocycles. The highest BCUT2D eigenvalue weighted by Crippen LogP contribution is 2.28. The van der Waals surface area contributed by atoms with E-state index in [-0.39, 0.29) is 5.28 Å². The van der Waals surface area contributed by atoms with Gasteiger partial charge in [0.1, 0.15) is 0 Å². The molecule has 6 heteroatoms. The van der Waals surface area contributed by atoms with Crippen LogP contribution in [-0.2, 0) is 0 Å². The molecule has 1 heterocycles. The van der Waals surface area contributed by atoms with Crippen LogP contribution in [0.25, 0.3) is 0 Å². The molecule has 0 aliphatic heterocycles. The van der Waals surface area contributed by atoms with Crippen molar-refractivity contribution in [3.8, 4) is 6.01 Å². The molecule has 0 bridgehead atoms. The predicted octanol–water partition coefficient (Wildman–Crippen LogP) is 1.52. The lowest BCUT2D eigenvalue weighted by atomic mass is 10.6. The Morgan fingerprint density at radius 2 is 2.13 bits per heavy atom. The van der Waals surface area contributed by atoms with Crippen molar-refractivity contribution in [3.05, 3.63) is 5.28 Å². The normalized spacial score (nSPS) is 15.1. The summed E-state index contributed by atoms with van der Waals surface area (Å²) in [5.41, 5.74) is 0. The molecular formula is C9H13ClN4O. The van der Waals surface area contributed by atoms with E-state index in [9.17, 15) is 0 Å². The summed E-state index contributed by atoms with van der Waals surface area (Å²) in [7, 11) is 1.96. The lowest BCUT2D eigenvalue weighted by Gasteiger charge is -2.16. The minimum Gasteiger partial charge on any atom is -0.464 e. The summed E-state index contributed by atoms with van der Waals surface area (Å²) in [5, 5.41) is 0.177. The topological polar surface area (TPSA) is 51.1 Å². The summed E-state index contributed by atoms with van der Waals surface area (Å²) in [6.07, 6.45) is 2.37. The molecule has 1 aromatic heterocycles. The number of ether oxygens (including phenoxy) is 1. The average Bonchev–Trinajstić information content (AvgIpc) is 2.99. The maximum absolute atomic E-state index is 5.79. The highest BCUT2D eigenvalue weighted by molar-refractivity contribution is 6.28. The fourth-order valence-corrected chi connectivity index (χ4v) is 1.45. The summed E-state index contributed by atoms with van der Waals surface area (Å²) in [6, 6.07) is 0.831. The predicted molar refractivity (Wildman–Crippen MR) is 57.4 cm³/mol. The van der Waals surface area contributed by atoms with Crippen molar-refractivity contribution >= 4 is 17.5 Å². The number of nitrogens with zero attached hydrogens (tertiary/aromatic N) is 4. The summed E-state index contributed by atoms with van der Waals surface area (Å²) in [5.74, 6) is 0.584. The Labute approximate surface area is 93.5 Å². The monoisotopic (exact) mass is 228 g/mol. The number of aromatic nitrogens is 3. The third-order valence-electron chi connectivity index (χ3n) is 2.26. The van der Waals surface area contributed by atoms with Gasteiger partial charge < -0.3 is 9.64 Å². The van der Waals surface area contributed by atoms with Crippen LogP contribution in [0.15, 0.2) is 0 Å². The van der Waals surface area contributed by atoms with Crippen molar-refractivity contribution in [3.63, 3.8) is 0 Å². The van der Waals surface area contributed by atoms with Crippen LogP contribution in [0.1, 0.15) is 19.8 Å². The Bertz CT molecular complexity index is 356. The van der Waals surface area contributed by atoms with Crippen molar-refractivity contribution in [1.82, 2.24) is 15.0 Å². The van der Waals surface area contributed by atoms with Crippen LogP contribution in [0, 0.1) is 0 Å². The Balaban J connectivity index is 2.21. The Morgan fingerprint density at radius 3 is 2.73 bits per heavy atom. The Morgan fingerprint density at radius 1 is 1.40 bits per heavy atom. The zero-order chi connectivity index (χ0) is 10.8. The van der Waals surface area contributed by atoms with Gasteiger partial charge in [-0.1, -0.05) is 0 Å². The third-order valence-corrected chi connectivity index (χ3v) is 2.43. The zero-order valence-corrected chi connectivity index (χ0v) is 9.53. The molecule has 0 saturated heterocycles. The first-order valence-corrected chi connectivity index (χ1v) is 5.35. The molecule has 1 fully saturated rings. The molecule has 0 unspecified atom stereocenters. The lowest BCUT2D eigenvalue weighted by molar-refractivity contribution is 0.311. The largest absolute Gasteiger partial charge is 0.464 e. The van der Waals surface area contributed by atoms with Gasteiger partial charge in [0.15, 0.2) is 0 Å². The molecule has 1 saturated carbocycles. The van der Waals surface area contributed by atoms with Gasteiger partial charge in [-0.25, -0.2) is 0 Å². The molecule has 1 aliphatic rings. The molecule has 1 aliphatic carbocycles. The molecule has 0 amide bonds. The standard InChI is InChI=1S/C9H13ClN4O/c1-3-15-9-12-7(10)11-8(13-9)14(2)6-4-5-6/h6H,3-5H2,1-2H3. The van der Waals surface area contributed by atoms with E-state index in [0.717, 1.165) is 0 Å². The quantitative estimate of drug-likeness (QED) is 0.782. The first-order valence-electron chi connectivity index (χ1n) is 4.98. The van der Waals surface area contributed by atoms with E-state index in [1.807, 2.05) is 18.9 Å². The van der Waals surface area contributed by atoms with E-state index in [1.54, 1.807) is 0 Å². The van der Waals surface area contributed by atoms with Crippen LogP contribution < -0.4 is 9.64 Å². The SMILES string of the molecule is CCOc1nc(Cl)nc(N(C)C2CC2)n1. The molecule has 82 valence electrons. The molecule has 0 N–H and O–H groups in total. The van der Waals surface area contributed by atoms with Gasteiger partial charge in [0.25, 0.3) is 0 Å². The maximum atomic E-state index is 5.79. The fraction of sp³-hybridized carbons (Fsp3) is 0.667. The highest BCUT2D eigenvalue weighted by Gasteiger charge is 2.28. The van der Waals surface area contributed by atoms with Crippen LogP contribution in [-0.4, -0.2) is 34.6 Å². The minimum absolute atomic E-state index is 0.177. The summed E-state index contributed by atoms with van der Waals surface area (Å²) in [6.45, 7) is 2.40. The summed E-state index contributed by atoms with van der Waals surface area (Å²) in [4.78, 5) is 14.1. The van der Waals surface area contributed by atoms with Crippen molar-refractivity contribution in [2.24, 2.45) is 0 Å². The van der Waals surface area contributed by atoms with Gasteiger partial charge in [-0.3, -0.25) is 0 Å². The number of rotatable bonds is 4. The number of hydrogen-bond donors (Lipinski definition) is 0. The molecule has 0 spiro atoms. The number of halogens is 1. The van der Waals surface area contributed by atoms with Gasteiger partial charge in [0, 0.05) is 13.1 Å². The Hall–Kier alpha value is -1.10. The van der Waals surface area contributed by atoms with E-state index < -0.39 is 0 Å². The van der Waals surface area contributed by atoms with Crippen LogP contribution in [0.2, 0.25) is 5.28 Å². The van der Waals surface area contributed by atoms with Gasteiger partial charge in [-0.05, 0) is 31.4 Å². The molecule has 1 aromatic rings. The lowest BCUT2D eigenvalue weighted by Crippen LogP contribution is -2.22. The van der Waals surface area contributed by atoms with Gasteiger partial charge in [-0.2, -0.15) is 15.0 Å². The van der Waals surface area contributed by atoms with Gasteiger partial charge in [0.2, 0.25) is 11.2 Å². The second-order valence-electron chi connectivity index (χ2n) is 3.46. The van der Waals surface area contributed by atoms with E-state index in [1.165, 1.54) is 12.8 Å². The van der Waals surface area contributed by atoms with Gasteiger partial charge in [0.05, 0.1) is 6.61 Å². The first kappa shape index (κ1) is 10.4. The molecular weight excluding hydrogens is 216 g/mol. The first-order chi connectivity index (χ1) is 7.20. The molecule has 15 heavy (non-hydrogen) atoms. The van der Waals surface area contributed by atoms with E-state index in [4.69, 9.17) is 16.3 Å². The second kappa shape index (κ2) is 4.18. The van der Waals surface area contributed by atoms with Crippen LogP contribution in [0.5, 0.6) is 6.01 Å². The average molecular weight is 229 g/mol. The second-order valence-corrected chi connectivity index (χ2v) is 3.80. The summed E-state index contributed by atoms with van der Waals surface area (Å²) < 4.78 is 5.20. The number of anilines is 1. The smallest absolute Gasteiger partial charge is 0.322 e. The zero-order valence-electron chi connectivity index (χ0n) is 8.77.